The molecule has 6 nitrogen and oxygen atoms in total. The second kappa shape index (κ2) is 10.7. The van der Waals surface area contributed by atoms with Crippen LogP contribution in [-0.2, 0) is 16.1 Å². The molecule has 2 atom stereocenters. The molecule has 1 saturated carbocycles. The van der Waals surface area contributed by atoms with Gasteiger partial charge in [-0.2, -0.15) is 0 Å². The molecule has 0 bridgehead atoms. The Labute approximate surface area is 210 Å². The third-order valence-corrected chi connectivity index (χ3v) is 6.25. The molecule has 0 saturated heterocycles. The quantitative estimate of drug-likeness (QED) is 0.269. The van der Waals surface area contributed by atoms with E-state index in [9.17, 15) is 14.0 Å². The van der Waals surface area contributed by atoms with Crippen LogP contribution in [0.3, 0.4) is 0 Å². The van der Waals surface area contributed by atoms with E-state index in [0.29, 0.717) is 34.7 Å². The van der Waals surface area contributed by atoms with E-state index in [1.54, 1.807) is 24.3 Å². The van der Waals surface area contributed by atoms with Gasteiger partial charge in [0.2, 0.25) is 5.89 Å². The molecule has 1 aromatic heterocycles. The summed E-state index contributed by atoms with van der Waals surface area (Å²) in [6.07, 6.45) is 4.45. The van der Waals surface area contributed by atoms with Crippen molar-refractivity contribution in [3.63, 3.8) is 0 Å². The summed E-state index contributed by atoms with van der Waals surface area (Å²) in [6, 6.07) is 11.3. The van der Waals surface area contributed by atoms with Crippen LogP contribution in [0.15, 0.2) is 53.1 Å². The average molecular weight is 494 g/mol. The van der Waals surface area contributed by atoms with E-state index in [4.69, 9.17) is 13.9 Å². The molecule has 0 unspecified atom stereocenters. The first-order valence-electron chi connectivity index (χ1n) is 12.3. The summed E-state index contributed by atoms with van der Waals surface area (Å²) in [4.78, 5) is 30.9. The first-order valence-corrected chi connectivity index (χ1v) is 12.3. The Bertz CT molecular complexity index is 1230. The fourth-order valence-electron chi connectivity index (χ4n) is 4.53. The Morgan fingerprint density at radius 2 is 1.86 bits per heavy atom. The second-order valence-electron chi connectivity index (χ2n) is 10.3. The van der Waals surface area contributed by atoms with Gasteiger partial charge in [-0.05, 0) is 76.8 Å². The minimum atomic E-state index is -0.652. The average Bonchev–Trinajstić information content (AvgIpc) is 3.30. The Hall–Kier alpha value is -3.32. The Morgan fingerprint density at radius 1 is 1.11 bits per heavy atom. The van der Waals surface area contributed by atoms with Gasteiger partial charge < -0.3 is 13.9 Å². The van der Waals surface area contributed by atoms with Gasteiger partial charge in [-0.25, -0.2) is 14.2 Å². The van der Waals surface area contributed by atoms with Crippen molar-refractivity contribution in [3.05, 3.63) is 76.9 Å². The summed E-state index contributed by atoms with van der Waals surface area (Å²) >= 11 is 0. The first-order chi connectivity index (χ1) is 17.1. The number of carbonyl (C=O) groups is 2. The highest BCUT2D eigenvalue weighted by atomic mass is 19.1. The molecule has 1 aliphatic carbocycles. The van der Waals surface area contributed by atoms with Gasteiger partial charge in [-0.3, -0.25) is 4.79 Å². The number of ether oxygens (including phenoxy) is 2. The molecule has 0 aliphatic heterocycles. The molecule has 1 fully saturated rings. The van der Waals surface area contributed by atoms with Gasteiger partial charge in [0.1, 0.15) is 23.4 Å². The van der Waals surface area contributed by atoms with Crippen molar-refractivity contribution in [1.82, 2.24) is 4.98 Å². The summed E-state index contributed by atoms with van der Waals surface area (Å²) in [7, 11) is 0. The number of ketones is 1. The SMILES string of the molecule is Cc1cccc(C(=O)[C@@H]2CCC[C@H](OCc3coc(-c4ccc(F)cc4)n3)C2)c1C(=O)OC(C)(C)C. The molecule has 0 radical (unpaired) electrons. The molecule has 1 heterocycles. The monoisotopic (exact) mass is 493 g/mol. The topological polar surface area (TPSA) is 78.6 Å². The van der Waals surface area contributed by atoms with E-state index >= 15 is 0 Å². The van der Waals surface area contributed by atoms with E-state index in [1.807, 2.05) is 33.8 Å². The first kappa shape index (κ1) is 25.8. The zero-order valence-corrected chi connectivity index (χ0v) is 21.2. The van der Waals surface area contributed by atoms with Crippen molar-refractivity contribution < 1.29 is 27.9 Å². The van der Waals surface area contributed by atoms with Crippen molar-refractivity contribution >= 4 is 11.8 Å². The molecule has 4 rings (SSSR count). The number of aryl methyl sites for hydroxylation is 1. The number of oxazole rings is 1. The van der Waals surface area contributed by atoms with Gasteiger partial charge in [0.25, 0.3) is 0 Å². The van der Waals surface area contributed by atoms with Crippen molar-refractivity contribution in [2.45, 2.75) is 71.7 Å². The fraction of sp³-hybridized carbons (Fsp3) is 0.414. The van der Waals surface area contributed by atoms with Crippen molar-refractivity contribution in [1.29, 1.82) is 0 Å². The summed E-state index contributed by atoms with van der Waals surface area (Å²) in [5.41, 5.74) is 2.15. The third-order valence-electron chi connectivity index (χ3n) is 6.25. The molecule has 1 aliphatic rings. The normalized spacial score (nSPS) is 18.1. The molecular formula is C29H32FNO5. The molecule has 2 aromatic carbocycles. The van der Waals surface area contributed by atoms with Crippen LogP contribution < -0.4 is 0 Å². The summed E-state index contributed by atoms with van der Waals surface area (Å²) in [5, 5.41) is 0. The number of rotatable bonds is 7. The zero-order valence-electron chi connectivity index (χ0n) is 21.2. The molecule has 36 heavy (non-hydrogen) atoms. The smallest absolute Gasteiger partial charge is 0.339 e. The van der Waals surface area contributed by atoms with Gasteiger partial charge in [0, 0.05) is 17.0 Å². The lowest BCUT2D eigenvalue weighted by molar-refractivity contribution is 0.00209. The maximum absolute atomic E-state index is 13.5. The Morgan fingerprint density at radius 3 is 2.58 bits per heavy atom. The lowest BCUT2D eigenvalue weighted by Crippen LogP contribution is -2.30. The zero-order chi connectivity index (χ0) is 25.9. The molecule has 7 heteroatoms. The maximum Gasteiger partial charge on any atom is 0.339 e. The maximum atomic E-state index is 13.5. The second-order valence-corrected chi connectivity index (χ2v) is 10.3. The highest BCUT2D eigenvalue weighted by Gasteiger charge is 2.32. The van der Waals surface area contributed by atoms with Crippen LogP contribution in [0.25, 0.3) is 11.5 Å². The van der Waals surface area contributed by atoms with Crippen LogP contribution in [0.2, 0.25) is 0 Å². The third kappa shape index (κ3) is 6.26. The van der Waals surface area contributed by atoms with E-state index in [1.165, 1.54) is 18.4 Å². The van der Waals surface area contributed by atoms with Crippen LogP contribution in [0.1, 0.15) is 78.4 Å². The minimum absolute atomic E-state index is 0.0482. The Balaban J connectivity index is 1.41. The van der Waals surface area contributed by atoms with E-state index in [2.05, 4.69) is 4.98 Å². The predicted octanol–water partition coefficient (Wildman–Crippen LogP) is 6.70. The van der Waals surface area contributed by atoms with E-state index in [-0.39, 0.29) is 30.2 Å². The van der Waals surface area contributed by atoms with Gasteiger partial charge in [-0.15, -0.1) is 0 Å². The lowest BCUT2D eigenvalue weighted by Gasteiger charge is -2.29. The molecule has 3 aromatic rings. The number of hydrogen-bond acceptors (Lipinski definition) is 6. The summed E-state index contributed by atoms with van der Waals surface area (Å²) < 4.78 is 30.4. The standard InChI is InChI=1S/C29H32FNO5/c1-18-7-5-10-24(25(18)28(33)36-29(2,3)4)26(32)20-8-6-9-23(15-20)34-16-22-17-35-27(31-22)19-11-13-21(30)14-12-19/h5,7,10-14,17,20,23H,6,8-9,15-16H2,1-4H3/t20-,23+/m1/s1. The van der Waals surface area contributed by atoms with Crippen molar-refractivity contribution in [3.8, 4) is 11.5 Å². The predicted molar refractivity (Wildman–Crippen MR) is 133 cm³/mol. The molecule has 190 valence electrons. The van der Waals surface area contributed by atoms with Crippen LogP contribution in [0.5, 0.6) is 0 Å². The van der Waals surface area contributed by atoms with Crippen LogP contribution in [-0.4, -0.2) is 28.4 Å². The number of nitrogens with zero attached hydrogens (tertiary/aromatic N) is 1. The number of Topliss-reactive ketones (excluding diaryl/α,β-unsaturated/α-hetero) is 1. The van der Waals surface area contributed by atoms with Gasteiger partial charge in [-0.1, -0.05) is 24.6 Å². The van der Waals surface area contributed by atoms with E-state index < -0.39 is 11.6 Å². The number of carbonyl (C=O) groups excluding carboxylic acids is 2. The highest BCUT2D eigenvalue weighted by Crippen LogP contribution is 2.32. The number of aromatic nitrogens is 1. The largest absolute Gasteiger partial charge is 0.456 e. The molecule has 0 spiro atoms. The summed E-state index contributed by atoms with van der Waals surface area (Å²) in [6.45, 7) is 7.51. The van der Waals surface area contributed by atoms with Crippen LogP contribution in [0.4, 0.5) is 4.39 Å². The number of hydrogen-bond donors (Lipinski definition) is 0. The molecular weight excluding hydrogens is 461 g/mol. The number of benzene rings is 2. The van der Waals surface area contributed by atoms with E-state index in [0.717, 1.165) is 24.8 Å². The summed E-state index contributed by atoms with van der Waals surface area (Å²) in [5.74, 6) is -0.680. The van der Waals surface area contributed by atoms with Crippen molar-refractivity contribution in [2.24, 2.45) is 5.92 Å². The lowest BCUT2D eigenvalue weighted by atomic mass is 9.81. The minimum Gasteiger partial charge on any atom is -0.456 e. The highest BCUT2D eigenvalue weighted by molar-refractivity contribution is 6.08. The van der Waals surface area contributed by atoms with Gasteiger partial charge in [0.15, 0.2) is 5.78 Å². The van der Waals surface area contributed by atoms with Gasteiger partial charge >= 0.3 is 5.97 Å². The van der Waals surface area contributed by atoms with Crippen LogP contribution >= 0.6 is 0 Å². The molecule has 0 N–H and O–H groups in total. The number of esters is 1. The number of halogens is 1. The molecule has 0 amide bonds. The fourth-order valence-corrected chi connectivity index (χ4v) is 4.53. The van der Waals surface area contributed by atoms with Crippen molar-refractivity contribution in [2.75, 3.05) is 0 Å². The van der Waals surface area contributed by atoms with Gasteiger partial charge in [0.05, 0.1) is 18.3 Å². The van der Waals surface area contributed by atoms with Crippen LogP contribution in [0, 0.1) is 18.7 Å². The Kier molecular flexibility index (Phi) is 7.69.